The Morgan fingerprint density at radius 2 is 1.90 bits per heavy atom. The lowest BCUT2D eigenvalue weighted by molar-refractivity contribution is -0.152. The quantitative estimate of drug-likeness (QED) is 0.292. The van der Waals surface area contributed by atoms with Crippen molar-refractivity contribution in [1.82, 2.24) is 24.9 Å². The molecule has 0 saturated carbocycles. The van der Waals surface area contributed by atoms with Gasteiger partial charge in [-0.1, -0.05) is 28.4 Å². The van der Waals surface area contributed by atoms with E-state index in [1.807, 2.05) is 0 Å². The molecule has 0 aliphatic carbocycles. The first kappa shape index (κ1) is 28.3. The van der Waals surface area contributed by atoms with E-state index in [-0.39, 0.29) is 34.3 Å². The van der Waals surface area contributed by atoms with E-state index < -0.39 is 65.2 Å². The highest BCUT2D eigenvalue weighted by Gasteiger charge is 2.44. The Morgan fingerprint density at radius 3 is 2.61 bits per heavy atom. The molecule has 2 aromatic heterocycles. The third-order valence-corrected chi connectivity index (χ3v) is 7.27. The van der Waals surface area contributed by atoms with E-state index in [9.17, 15) is 23.6 Å². The van der Waals surface area contributed by atoms with Gasteiger partial charge in [0.2, 0.25) is 11.7 Å². The highest BCUT2D eigenvalue weighted by atomic mass is 35.5. The van der Waals surface area contributed by atoms with Crippen molar-refractivity contribution in [3.8, 4) is 5.69 Å². The average molecular weight is 606 g/mol. The fourth-order valence-corrected chi connectivity index (χ4v) is 5.25. The number of hydrogen-bond donors (Lipinski definition) is 0. The molecule has 0 radical (unpaired) electrons. The van der Waals surface area contributed by atoms with Crippen LogP contribution in [0.1, 0.15) is 45.7 Å². The summed E-state index contributed by atoms with van der Waals surface area (Å²) < 4.78 is 40.7. The van der Waals surface area contributed by atoms with Crippen LogP contribution >= 0.6 is 23.2 Å². The number of carbonyl (C=O) groups excluding carboxylic acids is 4. The number of ketones is 1. The smallest absolute Gasteiger partial charge is 0.359 e. The summed E-state index contributed by atoms with van der Waals surface area (Å²) >= 11 is 11.9. The fraction of sp³-hybridized carbons (Fsp3) is 0.269. The van der Waals surface area contributed by atoms with Crippen LogP contribution in [-0.4, -0.2) is 74.3 Å². The van der Waals surface area contributed by atoms with Crippen LogP contribution in [0.3, 0.4) is 0 Å². The maximum atomic E-state index is 15.3. The molecule has 0 spiro atoms. The minimum atomic E-state index is -1.20. The number of esters is 2. The van der Waals surface area contributed by atoms with Gasteiger partial charge in [-0.3, -0.25) is 9.59 Å². The summed E-state index contributed by atoms with van der Waals surface area (Å²) in [6.45, 7) is -0.831. The molecule has 2 aliphatic rings. The summed E-state index contributed by atoms with van der Waals surface area (Å²) in [6.07, 6.45) is 4.45. The van der Waals surface area contributed by atoms with E-state index in [4.69, 9.17) is 27.9 Å². The third-order valence-electron chi connectivity index (χ3n) is 6.80. The van der Waals surface area contributed by atoms with Gasteiger partial charge in [-0.2, -0.15) is 0 Å². The molecule has 5 rings (SSSR count). The normalized spacial score (nSPS) is 18.1. The van der Waals surface area contributed by atoms with Crippen LogP contribution in [0.4, 0.5) is 8.78 Å². The van der Waals surface area contributed by atoms with Gasteiger partial charge >= 0.3 is 11.9 Å². The first-order valence-corrected chi connectivity index (χ1v) is 12.9. The van der Waals surface area contributed by atoms with Gasteiger partial charge in [0, 0.05) is 23.9 Å². The summed E-state index contributed by atoms with van der Waals surface area (Å²) in [5.41, 5.74) is -0.529. The van der Waals surface area contributed by atoms with Crippen molar-refractivity contribution in [2.24, 2.45) is 0 Å². The van der Waals surface area contributed by atoms with Crippen LogP contribution in [0.15, 0.2) is 36.7 Å². The molecule has 11 nitrogen and oxygen atoms in total. The maximum Gasteiger partial charge on any atom is 0.359 e. The number of amides is 1. The van der Waals surface area contributed by atoms with E-state index in [0.29, 0.717) is 12.0 Å². The van der Waals surface area contributed by atoms with Crippen LogP contribution in [0, 0.1) is 11.6 Å². The zero-order valence-electron chi connectivity index (χ0n) is 21.1. The highest BCUT2D eigenvalue weighted by Crippen LogP contribution is 2.40. The Labute approximate surface area is 240 Å². The Morgan fingerprint density at radius 1 is 1.12 bits per heavy atom. The molecule has 3 aromatic rings. The lowest BCUT2D eigenvalue weighted by atomic mass is 9.92. The number of ether oxygens (including phenoxy) is 2. The van der Waals surface area contributed by atoms with Crippen LogP contribution in [0.2, 0.25) is 10.2 Å². The maximum absolute atomic E-state index is 15.3. The lowest BCUT2D eigenvalue weighted by Crippen LogP contribution is -2.47. The second-order valence-electron chi connectivity index (χ2n) is 9.15. The molecule has 2 aliphatic heterocycles. The molecule has 15 heteroatoms. The van der Waals surface area contributed by atoms with Gasteiger partial charge < -0.3 is 14.4 Å². The number of nitrogens with zero attached hydrogens (tertiary/aromatic N) is 5. The first-order valence-electron chi connectivity index (χ1n) is 12.1. The van der Waals surface area contributed by atoms with E-state index >= 15 is 4.39 Å². The summed E-state index contributed by atoms with van der Waals surface area (Å²) in [6, 6.07) is 2.43. The predicted molar refractivity (Wildman–Crippen MR) is 138 cm³/mol. The molecular formula is C26H19Cl2F2N5O6. The summed E-state index contributed by atoms with van der Waals surface area (Å²) in [5.74, 6) is -5.37. The van der Waals surface area contributed by atoms with Crippen LogP contribution in [0.5, 0.6) is 0 Å². The van der Waals surface area contributed by atoms with Crippen LogP contribution in [0.25, 0.3) is 11.3 Å². The number of aromatic nitrogens is 4. The van der Waals surface area contributed by atoms with Crippen molar-refractivity contribution in [3.05, 3.63) is 75.3 Å². The molecule has 212 valence electrons. The van der Waals surface area contributed by atoms with Crippen molar-refractivity contribution in [2.45, 2.75) is 31.3 Å². The van der Waals surface area contributed by atoms with E-state index in [2.05, 4.69) is 20.0 Å². The number of benzene rings is 1. The van der Waals surface area contributed by atoms with Gasteiger partial charge in [0.15, 0.2) is 29.1 Å². The summed E-state index contributed by atoms with van der Waals surface area (Å²) in [5, 5.41) is 7.50. The Balaban J connectivity index is 1.33. The molecule has 2 atom stereocenters. The average Bonchev–Trinajstić information content (AvgIpc) is 3.59. The van der Waals surface area contributed by atoms with E-state index in [1.54, 1.807) is 0 Å². The minimum absolute atomic E-state index is 0.0504. The number of pyridine rings is 1. The topological polar surface area (TPSA) is 134 Å². The number of fused-ring (bicyclic) bond motifs is 1. The van der Waals surface area contributed by atoms with Gasteiger partial charge in [-0.25, -0.2) is 28.0 Å². The molecular weight excluding hydrogens is 587 g/mol. The van der Waals surface area contributed by atoms with Gasteiger partial charge in [-0.15, -0.1) is 5.10 Å². The number of rotatable bonds is 7. The Bertz CT molecular complexity index is 1630. The van der Waals surface area contributed by atoms with Gasteiger partial charge in [-0.05, 0) is 43.0 Å². The van der Waals surface area contributed by atoms with Crippen molar-refractivity contribution in [2.75, 3.05) is 13.7 Å². The number of methoxy groups -OCH3 is 1. The zero-order chi connectivity index (χ0) is 29.4. The Kier molecular flexibility index (Phi) is 7.82. The predicted octanol–water partition coefficient (Wildman–Crippen LogP) is 3.61. The second kappa shape index (κ2) is 11.3. The SMILES string of the molecule is COC(=O)c1nccc(C(=O)COC(=O)[C@H]2CC[C@H]3CC(c4c(-n5cc(Cl)nn5)ccc(Cl)c4F)=CC(=O)N32)c1F. The minimum Gasteiger partial charge on any atom is -0.464 e. The van der Waals surface area contributed by atoms with Crippen molar-refractivity contribution in [3.63, 3.8) is 0 Å². The largest absolute Gasteiger partial charge is 0.464 e. The zero-order valence-corrected chi connectivity index (χ0v) is 22.7. The summed E-state index contributed by atoms with van der Waals surface area (Å²) in [4.78, 5) is 55.2. The van der Waals surface area contributed by atoms with Crippen LogP contribution in [-0.2, 0) is 19.1 Å². The van der Waals surface area contributed by atoms with E-state index in [0.717, 1.165) is 19.4 Å². The molecule has 1 amide bonds. The molecule has 0 bridgehead atoms. The Hall–Kier alpha value is -4.23. The molecule has 1 saturated heterocycles. The molecule has 1 aromatic carbocycles. The highest BCUT2D eigenvalue weighted by molar-refractivity contribution is 6.31. The fourth-order valence-electron chi connectivity index (χ4n) is 4.97. The molecule has 0 N–H and O–H groups in total. The van der Waals surface area contributed by atoms with Crippen LogP contribution < -0.4 is 0 Å². The van der Waals surface area contributed by atoms with Gasteiger partial charge in [0.1, 0.15) is 6.04 Å². The first-order chi connectivity index (χ1) is 19.6. The third kappa shape index (κ3) is 5.30. The molecule has 41 heavy (non-hydrogen) atoms. The van der Waals surface area contributed by atoms with Crippen molar-refractivity contribution in [1.29, 1.82) is 0 Å². The molecule has 1 fully saturated rings. The number of Topliss-reactive ketones (excluding diaryl/α,β-unsaturated/α-hetero) is 1. The lowest BCUT2D eigenvalue weighted by Gasteiger charge is -2.33. The van der Waals surface area contributed by atoms with Gasteiger partial charge in [0.05, 0.1) is 29.6 Å². The van der Waals surface area contributed by atoms with Crippen molar-refractivity contribution >= 4 is 52.4 Å². The summed E-state index contributed by atoms with van der Waals surface area (Å²) in [7, 11) is 1.03. The number of hydrogen-bond acceptors (Lipinski definition) is 9. The van der Waals surface area contributed by atoms with Gasteiger partial charge in [0.25, 0.3) is 0 Å². The van der Waals surface area contributed by atoms with Crippen molar-refractivity contribution < 1.29 is 37.4 Å². The number of halogens is 4. The number of carbonyl (C=O) groups is 4. The second-order valence-corrected chi connectivity index (χ2v) is 9.95. The molecule has 4 heterocycles. The standard InChI is InChI=1S/C26H19Cl2F2N5O6/c1-40-26(39)24-22(29)14(6-7-31-24)18(36)11-41-25(38)17-4-2-13-8-12(9-20(37)35(13)17)21-16(5-3-15(27)23(21)30)34-10-19(28)32-33-34/h3,5-7,9-10,13,17H,2,4,8,11H2,1H3/t13-,17+/m0/s1. The van der Waals surface area contributed by atoms with E-state index in [1.165, 1.54) is 34.0 Å². The monoisotopic (exact) mass is 605 g/mol. The molecule has 0 unspecified atom stereocenters.